The van der Waals surface area contributed by atoms with Gasteiger partial charge < -0.3 is 14.7 Å². The van der Waals surface area contributed by atoms with Gasteiger partial charge in [-0.15, -0.1) is 0 Å². The smallest absolute Gasteiger partial charge is 0.137 e. The summed E-state index contributed by atoms with van der Waals surface area (Å²) >= 11 is 6.10. The molecule has 2 heterocycles. The maximum absolute atomic E-state index is 9.24. The van der Waals surface area contributed by atoms with E-state index in [4.69, 9.17) is 16.3 Å². The predicted octanol–water partition coefficient (Wildman–Crippen LogP) is 1.28. The molecule has 2 unspecified atom stereocenters. The maximum atomic E-state index is 9.24. The largest absolute Gasteiger partial charge is 0.394 e. The number of nitrogens with zero attached hydrogens (tertiary/aromatic N) is 3. The molecule has 18 heavy (non-hydrogen) atoms. The highest BCUT2D eigenvalue weighted by Crippen LogP contribution is 2.26. The molecule has 1 saturated heterocycles. The maximum Gasteiger partial charge on any atom is 0.137 e. The first-order chi connectivity index (χ1) is 8.65. The monoisotopic (exact) mass is 271 g/mol. The van der Waals surface area contributed by atoms with Crippen molar-refractivity contribution in [3.8, 4) is 0 Å². The van der Waals surface area contributed by atoms with Gasteiger partial charge in [0.1, 0.15) is 17.3 Å². The van der Waals surface area contributed by atoms with E-state index < -0.39 is 0 Å². The summed E-state index contributed by atoms with van der Waals surface area (Å²) < 4.78 is 5.62. The van der Waals surface area contributed by atoms with Crippen LogP contribution in [0.15, 0.2) is 6.33 Å². The number of aliphatic hydroxyl groups excluding tert-OH is 1. The van der Waals surface area contributed by atoms with Crippen LogP contribution in [-0.4, -0.2) is 47.0 Å². The fourth-order valence-electron chi connectivity index (χ4n) is 2.28. The van der Waals surface area contributed by atoms with E-state index in [1.165, 1.54) is 6.33 Å². The first-order valence-electron chi connectivity index (χ1n) is 6.16. The lowest BCUT2D eigenvalue weighted by Crippen LogP contribution is -2.48. The third-order valence-corrected chi connectivity index (χ3v) is 3.38. The lowest BCUT2D eigenvalue weighted by molar-refractivity contribution is -0.0423. The third kappa shape index (κ3) is 2.74. The zero-order chi connectivity index (χ0) is 13.1. The Kier molecular flexibility index (Phi) is 4.37. The first-order valence-corrected chi connectivity index (χ1v) is 6.54. The van der Waals surface area contributed by atoms with Gasteiger partial charge in [-0.1, -0.05) is 18.5 Å². The Balaban J connectivity index is 2.27. The second-order valence-corrected chi connectivity index (χ2v) is 4.83. The minimum absolute atomic E-state index is 0.0150. The number of aromatic nitrogens is 2. The van der Waals surface area contributed by atoms with Gasteiger partial charge in [-0.25, -0.2) is 9.97 Å². The minimum Gasteiger partial charge on any atom is -0.394 e. The zero-order valence-electron chi connectivity index (χ0n) is 10.6. The van der Waals surface area contributed by atoms with Crippen LogP contribution in [-0.2, 0) is 11.2 Å². The van der Waals surface area contributed by atoms with Crippen LogP contribution in [0.4, 0.5) is 5.82 Å². The van der Waals surface area contributed by atoms with Crippen molar-refractivity contribution in [2.24, 2.45) is 0 Å². The van der Waals surface area contributed by atoms with E-state index in [-0.39, 0.29) is 18.8 Å². The van der Waals surface area contributed by atoms with Crippen LogP contribution in [0.25, 0.3) is 0 Å². The van der Waals surface area contributed by atoms with Crippen molar-refractivity contribution in [1.29, 1.82) is 0 Å². The normalized spacial score (nSPS) is 24.3. The number of anilines is 1. The number of morpholine rings is 1. The average molecular weight is 272 g/mol. The van der Waals surface area contributed by atoms with E-state index in [9.17, 15) is 5.11 Å². The summed E-state index contributed by atoms with van der Waals surface area (Å²) in [6, 6.07) is 0. The molecule has 5 nitrogen and oxygen atoms in total. The van der Waals surface area contributed by atoms with Gasteiger partial charge in [0, 0.05) is 18.7 Å². The van der Waals surface area contributed by atoms with Crippen LogP contribution < -0.4 is 4.90 Å². The Morgan fingerprint density at radius 1 is 1.50 bits per heavy atom. The molecule has 1 N–H and O–H groups in total. The quantitative estimate of drug-likeness (QED) is 0.840. The average Bonchev–Trinajstić information content (AvgIpc) is 2.37. The van der Waals surface area contributed by atoms with Crippen LogP contribution >= 0.6 is 11.6 Å². The Hall–Kier alpha value is -0.910. The number of halogens is 1. The summed E-state index contributed by atoms with van der Waals surface area (Å²) in [7, 11) is 0. The highest BCUT2D eigenvalue weighted by molar-refractivity contribution is 6.30. The van der Waals surface area contributed by atoms with Gasteiger partial charge in [0.05, 0.1) is 18.8 Å². The van der Waals surface area contributed by atoms with Crippen LogP contribution in [0.2, 0.25) is 5.15 Å². The van der Waals surface area contributed by atoms with Gasteiger partial charge in [0.2, 0.25) is 0 Å². The Labute approximate surface area is 112 Å². The fourth-order valence-corrected chi connectivity index (χ4v) is 2.54. The molecule has 0 spiro atoms. The third-order valence-electron chi connectivity index (χ3n) is 3.05. The van der Waals surface area contributed by atoms with Crippen molar-refractivity contribution in [3.63, 3.8) is 0 Å². The Bertz CT molecular complexity index is 416. The summed E-state index contributed by atoms with van der Waals surface area (Å²) in [5, 5.41) is 9.75. The van der Waals surface area contributed by atoms with E-state index in [1.54, 1.807) is 0 Å². The molecule has 0 amide bonds. The van der Waals surface area contributed by atoms with Gasteiger partial charge in [-0.2, -0.15) is 0 Å². The molecular weight excluding hydrogens is 254 g/mol. The molecule has 1 fully saturated rings. The topological polar surface area (TPSA) is 58.5 Å². The number of hydrogen-bond donors (Lipinski definition) is 1. The molecular formula is C12H18ClN3O2. The summed E-state index contributed by atoms with van der Waals surface area (Å²) in [5.41, 5.74) is 0.949. The Morgan fingerprint density at radius 3 is 2.94 bits per heavy atom. The van der Waals surface area contributed by atoms with Crippen LogP contribution in [0.3, 0.4) is 0 Å². The van der Waals surface area contributed by atoms with E-state index in [0.717, 1.165) is 24.3 Å². The molecule has 1 aliphatic heterocycles. The van der Waals surface area contributed by atoms with Gasteiger partial charge in [0.25, 0.3) is 0 Å². The van der Waals surface area contributed by atoms with E-state index in [2.05, 4.69) is 14.9 Å². The van der Waals surface area contributed by atoms with Crippen molar-refractivity contribution in [2.75, 3.05) is 24.6 Å². The van der Waals surface area contributed by atoms with Crippen LogP contribution in [0, 0.1) is 0 Å². The molecule has 2 atom stereocenters. The highest BCUT2D eigenvalue weighted by Gasteiger charge is 2.27. The lowest BCUT2D eigenvalue weighted by Gasteiger charge is -2.37. The van der Waals surface area contributed by atoms with Gasteiger partial charge >= 0.3 is 0 Å². The van der Waals surface area contributed by atoms with Crippen molar-refractivity contribution in [1.82, 2.24) is 9.97 Å². The second-order valence-electron chi connectivity index (χ2n) is 4.48. The van der Waals surface area contributed by atoms with E-state index in [0.29, 0.717) is 11.7 Å². The molecule has 100 valence electrons. The van der Waals surface area contributed by atoms with E-state index >= 15 is 0 Å². The first kappa shape index (κ1) is 13.5. The second kappa shape index (κ2) is 5.82. The van der Waals surface area contributed by atoms with Gasteiger partial charge in [0.15, 0.2) is 0 Å². The minimum atomic E-state index is -0.174. The molecule has 1 aromatic rings. The number of aliphatic hydroxyl groups is 1. The fraction of sp³-hybridized carbons (Fsp3) is 0.667. The molecule has 0 radical (unpaired) electrons. The molecule has 0 bridgehead atoms. The molecule has 0 aliphatic carbocycles. The van der Waals surface area contributed by atoms with Gasteiger partial charge in [-0.05, 0) is 13.3 Å². The molecule has 0 aromatic carbocycles. The molecule has 0 saturated carbocycles. The summed E-state index contributed by atoms with van der Waals surface area (Å²) in [6.07, 6.45) is 2.15. The SMILES string of the molecule is CCc1c(Cl)ncnc1N1CC(C)OC(CO)C1. The van der Waals surface area contributed by atoms with Crippen molar-refractivity contribution >= 4 is 17.4 Å². The Morgan fingerprint density at radius 2 is 2.28 bits per heavy atom. The van der Waals surface area contributed by atoms with Crippen LogP contribution in [0.1, 0.15) is 19.4 Å². The van der Waals surface area contributed by atoms with Crippen LogP contribution in [0.5, 0.6) is 0 Å². The number of rotatable bonds is 3. The predicted molar refractivity (Wildman–Crippen MR) is 70.1 cm³/mol. The number of hydrogen-bond acceptors (Lipinski definition) is 5. The van der Waals surface area contributed by atoms with Crippen molar-refractivity contribution in [2.45, 2.75) is 32.5 Å². The van der Waals surface area contributed by atoms with E-state index in [1.807, 2.05) is 13.8 Å². The molecule has 1 aliphatic rings. The molecule has 1 aromatic heterocycles. The molecule has 2 rings (SSSR count). The zero-order valence-corrected chi connectivity index (χ0v) is 11.4. The van der Waals surface area contributed by atoms with Gasteiger partial charge in [-0.3, -0.25) is 0 Å². The van der Waals surface area contributed by atoms with Crippen molar-refractivity contribution < 1.29 is 9.84 Å². The summed E-state index contributed by atoms with van der Waals surface area (Å²) in [4.78, 5) is 10.5. The highest BCUT2D eigenvalue weighted by atomic mass is 35.5. The summed E-state index contributed by atoms with van der Waals surface area (Å²) in [5.74, 6) is 0.853. The lowest BCUT2D eigenvalue weighted by atomic mass is 10.1. The standard InChI is InChI=1S/C12H18ClN3O2/c1-3-10-11(13)14-7-15-12(10)16-4-8(2)18-9(5-16)6-17/h7-9,17H,3-6H2,1-2H3. The number of ether oxygens (including phenoxy) is 1. The van der Waals surface area contributed by atoms with Crippen molar-refractivity contribution in [3.05, 3.63) is 17.0 Å². The summed E-state index contributed by atoms with van der Waals surface area (Å²) in [6.45, 7) is 5.41. The molecule has 6 heteroatoms.